The van der Waals surface area contributed by atoms with E-state index < -0.39 is 6.04 Å². The minimum atomic E-state index is -0.441. The molecule has 0 spiro atoms. The average Bonchev–Trinajstić information content (AvgIpc) is 2.39. The van der Waals surface area contributed by atoms with E-state index in [-0.39, 0.29) is 5.82 Å². The number of rotatable bonds is 4. The molecule has 0 aromatic heterocycles. The Bertz CT molecular complexity index is 597. The maximum absolute atomic E-state index is 13.9. The summed E-state index contributed by atoms with van der Waals surface area (Å²) in [5, 5.41) is 0.980. The van der Waals surface area contributed by atoms with Gasteiger partial charge in [-0.2, -0.15) is 0 Å². The molecular weight excluding hydrogens is 298 g/mol. The summed E-state index contributed by atoms with van der Waals surface area (Å²) in [6, 6.07) is 9.86. The van der Waals surface area contributed by atoms with Crippen molar-refractivity contribution in [3.8, 4) is 0 Å². The molecule has 2 aromatic rings. The summed E-state index contributed by atoms with van der Waals surface area (Å²) in [6.45, 7) is 1.96. The molecule has 0 bridgehead atoms. The molecule has 5 heteroatoms. The topological polar surface area (TPSA) is 38.0 Å². The van der Waals surface area contributed by atoms with Crippen molar-refractivity contribution in [1.82, 2.24) is 5.43 Å². The van der Waals surface area contributed by atoms with Crippen LogP contribution in [-0.4, -0.2) is 0 Å². The van der Waals surface area contributed by atoms with E-state index in [1.807, 2.05) is 25.1 Å². The molecule has 1 unspecified atom stereocenters. The van der Waals surface area contributed by atoms with Crippen LogP contribution in [0.25, 0.3) is 0 Å². The minimum Gasteiger partial charge on any atom is -0.271 e. The molecule has 0 amide bonds. The van der Waals surface area contributed by atoms with E-state index >= 15 is 0 Å². The largest absolute Gasteiger partial charge is 0.271 e. The molecule has 1 atom stereocenters. The van der Waals surface area contributed by atoms with Crippen LogP contribution in [0.1, 0.15) is 22.7 Å². The molecule has 0 aliphatic carbocycles. The van der Waals surface area contributed by atoms with Gasteiger partial charge in [0.1, 0.15) is 5.82 Å². The summed E-state index contributed by atoms with van der Waals surface area (Å²) in [6.07, 6.45) is 0.455. The number of nitrogens with one attached hydrogen (secondary N) is 1. The summed E-state index contributed by atoms with van der Waals surface area (Å²) >= 11 is 12.3. The standard InChI is InChI=1S/C15H15Cl2FN2/c1-9-5-6-10(12(17)7-9)8-14(20-19)15-11(16)3-2-4-13(15)18/h2-7,14,20H,8,19H2,1H3. The summed E-state index contributed by atoms with van der Waals surface area (Å²) in [5.41, 5.74) is 4.92. The van der Waals surface area contributed by atoms with Crippen LogP contribution < -0.4 is 11.3 Å². The number of halogens is 3. The van der Waals surface area contributed by atoms with Gasteiger partial charge in [0.15, 0.2) is 0 Å². The first-order valence-corrected chi connectivity index (χ1v) is 6.93. The molecule has 2 aromatic carbocycles. The van der Waals surface area contributed by atoms with Crippen molar-refractivity contribution in [2.24, 2.45) is 5.84 Å². The first kappa shape index (κ1) is 15.3. The lowest BCUT2D eigenvalue weighted by Crippen LogP contribution is -2.30. The number of benzene rings is 2. The fourth-order valence-electron chi connectivity index (χ4n) is 2.13. The lowest BCUT2D eigenvalue weighted by atomic mass is 9.98. The third-order valence-corrected chi connectivity index (χ3v) is 3.86. The SMILES string of the molecule is Cc1ccc(CC(NN)c2c(F)cccc2Cl)c(Cl)c1. The van der Waals surface area contributed by atoms with E-state index in [4.69, 9.17) is 29.0 Å². The summed E-state index contributed by atoms with van der Waals surface area (Å²) in [7, 11) is 0. The van der Waals surface area contributed by atoms with Gasteiger partial charge in [0.25, 0.3) is 0 Å². The van der Waals surface area contributed by atoms with Crippen molar-refractivity contribution < 1.29 is 4.39 Å². The van der Waals surface area contributed by atoms with Crippen molar-refractivity contribution in [3.05, 3.63) is 69.0 Å². The van der Waals surface area contributed by atoms with E-state index in [2.05, 4.69) is 5.43 Å². The van der Waals surface area contributed by atoms with Gasteiger partial charge < -0.3 is 0 Å². The second-order valence-corrected chi connectivity index (χ2v) is 5.47. The highest BCUT2D eigenvalue weighted by atomic mass is 35.5. The molecule has 0 saturated heterocycles. The van der Waals surface area contributed by atoms with Crippen molar-refractivity contribution in [2.75, 3.05) is 0 Å². The Kier molecular flexibility index (Phi) is 5.00. The number of hydrazine groups is 1. The number of aryl methyl sites for hydroxylation is 1. The number of hydrogen-bond donors (Lipinski definition) is 2. The van der Waals surface area contributed by atoms with Crippen LogP contribution in [0, 0.1) is 12.7 Å². The number of nitrogens with two attached hydrogens (primary N) is 1. The maximum Gasteiger partial charge on any atom is 0.129 e. The first-order valence-electron chi connectivity index (χ1n) is 6.18. The molecule has 20 heavy (non-hydrogen) atoms. The van der Waals surface area contributed by atoms with Crippen LogP contribution >= 0.6 is 23.2 Å². The van der Waals surface area contributed by atoms with Crippen molar-refractivity contribution in [1.29, 1.82) is 0 Å². The Morgan fingerprint density at radius 1 is 1.20 bits per heavy atom. The lowest BCUT2D eigenvalue weighted by Gasteiger charge is -2.19. The monoisotopic (exact) mass is 312 g/mol. The molecule has 3 N–H and O–H groups in total. The van der Waals surface area contributed by atoms with Gasteiger partial charge in [0, 0.05) is 15.6 Å². The molecule has 0 aliphatic rings. The van der Waals surface area contributed by atoms with Crippen LogP contribution in [-0.2, 0) is 6.42 Å². The highest BCUT2D eigenvalue weighted by Crippen LogP contribution is 2.30. The number of hydrogen-bond acceptors (Lipinski definition) is 2. The quantitative estimate of drug-likeness (QED) is 0.656. The molecule has 0 heterocycles. The van der Waals surface area contributed by atoms with E-state index in [0.29, 0.717) is 22.0 Å². The molecule has 106 valence electrons. The van der Waals surface area contributed by atoms with Gasteiger partial charge in [-0.15, -0.1) is 0 Å². The van der Waals surface area contributed by atoms with Gasteiger partial charge in [0.05, 0.1) is 6.04 Å². The minimum absolute atomic E-state index is 0.344. The Hall–Kier alpha value is -1.13. The summed E-state index contributed by atoms with van der Waals surface area (Å²) in [4.78, 5) is 0. The van der Waals surface area contributed by atoms with Crippen LogP contribution in [0.15, 0.2) is 36.4 Å². The average molecular weight is 313 g/mol. The van der Waals surface area contributed by atoms with Gasteiger partial charge in [-0.3, -0.25) is 11.3 Å². The van der Waals surface area contributed by atoms with E-state index in [1.54, 1.807) is 12.1 Å². The highest BCUT2D eigenvalue weighted by molar-refractivity contribution is 6.31. The third kappa shape index (κ3) is 3.30. The van der Waals surface area contributed by atoms with Crippen LogP contribution in [0.5, 0.6) is 0 Å². The van der Waals surface area contributed by atoms with Gasteiger partial charge in [-0.05, 0) is 42.7 Å². The smallest absolute Gasteiger partial charge is 0.129 e. The Morgan fingerprint density at radius 3 is 2.55 bits per heavy atom. The zero-order chi connectivity index (χ0) is 14.7. The highest BCUT2D eigenvalue weighted by Gasteiger charge is 2.19. The van der Waals surface area contributed by atoms with Gasteiger partial charge in [0.2, 0.25) is 0 Å². The van der Waals surface area contributed by atoms with Crippen LogP contribution in [0.2, 0.25) is 10.0 Å². The fraction of sp³-hybridized carbons (Fsp3) is 0.200. The van der Waals surface area contributed by atoms with Gasteiger partial charge >= 0.3 is 0 Å². The summed E-state index contributed by atoms with van der Waals surface area (Å²) < 4.78 is 13.9. The second kappa shape index (κ2) is 6.55. The van der Waals surface area contributed by atoms with E-state index in [0.717, 1.165) is 11.1 Å². The van der Waals surface area contributed by atoms with Crippen LogP contribution in [0.3, 0.4) is 0 Å². The van der Waals surface area contributed by atoms with E-state index in [9.17, 15) is 4.39 Å². The van der Waals surface area contributed by atoms with Crippen LogP contribution in [0.4, 0.5) is 4.39 Å². The predicted octanol–water partition coefficient (Wildman–Crippen LogP) is 4.19. The third-order valence-electron chi connectivity index (χ3n) is 3.18. The molecule has 2 rings (SSSR count). The molecule has 0 fully saturated rings. The molecule has 2 nitrogen and oxygen atoms in total. The van der Waals surface area contributed by atoms with Gasteiger partial charge in [-0.25, -0.2) is 4.39 Å². The zero-order valence-corrected chi connectivity index (χ0v) is 12.5. The van der Waals surface area contributed by atoms with Crippen molar-refractivity contribution in [3.63, 3.8) is 0 Å². The first-order chi connectivity index (χ1) is 9.52. The Balaban J connectivity index is 2.34. The predicted molar refractivity (Wildman–Crippen MR) is 81.4 cm³/mol. The molecular formula is C15H15Cl2FN2. The molecule has 0 aliphatic heterocycles. The second-order valence-electron chi connectivity index (χ2n) is 4.65. The maximum atomic E-state index is 13.9. The fourth-order valence-corrected chi connectivity index (χ4v) is 2.73. The van der Waals surface area contributed by atoms with Crippen molar-refractivity contribution >= 4 is 23.2 Å². The van der Waals surface area contributed by atoms with Crippen molar-refractivity contribution in [2.45, 2.75) is 19.4 Å². The molecule has 0 saturated carbocycles. The van der Waals surface area contributed by atoms with E-state index in [1.165, 1.54) is 6.07 Å². The Labute approximate surface area is 127 Å². The molecule has 0 radical (unpaired) electrons. The summed E-state index contributed by atoms with van der Waals surface area (Å²) in [5.74, 6) is 5.17. The zero-order valence-electron chi connectivity index (χ0n) is 11.0. The normalized spacial score (nSPS) is 12.4. The Morgan fingerprint density at radius 2 is 1.95 bits per heavy atom. The lowest BCUT2D eigenvalue weighted by molar-refractivity contribution is 0.511. The van der Waals surface area contributed by atoms with Gasteiger partial charge in [-0.1, -0.05) is 41.4 Å².